The Hall–Kier alpha value is -1.63. The first kappa shape index (κ1) is 8.47. The summed E-state index contributed by atoms with van der Waals surface area (Å²) in [7, 11) is 0. The maximum atomic E-state index is 12.0. The lowest BCUT2D eigenvalue weighted by Gasteiger charge is -2.01. The first-order valence-electron chi connectivity index (χ1n) is 3.23. The molecule has 2 N–H and O–H groups in total. The van der Waals surface area contributed by atoms with Crippen LogP contribution in [0.1, 0.15) is 17.6 Å². The van der Waals surface area contributed by atoms with Crippen molar-refractivity contribution in [3.05, 3.63) is 29.3 Å². The van der Waals surface area contributed by atoms with Crippen molar-refractivity contribution in [3.63, 3.8) is 0 Å². The second-order valence-electron chi connectivity index (χ2n) is 2.26. The molecule has 0 unspecified atom stereocenters. The summed E-state index contributed by atoms with van der Waals surface area (Å²) in [4.78, 5) is 0. The van der Waals surface area contributed by atoms with Crippen LogP contribution in [0.4, 0.5) is 14.5 Å². The Morgan fingerprint density at radius 3 is 2.50 bits per heavy atom. The molecule has 0 saturated carbocycles. The van der Waals surface area contributed by atoms with Gasteiger partial charge in [-0.15, -0.1) is 0 Å². The third kappa shape index (κ3) is 1.51. The summed E-state index contributed by atoms with van der Waals surface area (Å²) in [5.41, 5.74) is 5.47. The van der Waals surface area contributed by atoms with Gasteiger partial charge < -0.3 is 5.73 Å². The number of anilines is 1. The first-order chi connectivity index (χ1) is 5.65. The number of nitrogens with two attached hydrogens (primary N) is 1. The lowest BCUT2D eigenvalue weighted by Crippen LogP contribution is -1.93. The van der Waals surface area contributed by atoms with Crippen LogP contribution in [-0.2, 0) is 0 Å². The van der Waals surface area contributed by atoms with Gasteiger partial charge in [-0.2, -0.15) is 5.26 Å². The fraction of sp³-hybridized carbons (Fsp3) is 0.125. The lowest BCUT2D eigenvalue weighted by molar-refractivity contribution is 0.151. The van der Waals surface area contributed by atoms with E-state index in [1.54, 1.807) is 6.07 Å². The van der Waals surface area contributed by atoms with Gasteiger partial charge in [0.05, 0.1) is 5.56 Å². The van der Waals surface area contributed by atoms with Crippen molar-refractivity contribution in [1.82, 2.24) is 0 Å². The predicted octanol–water partition coefficient (Wildman–Crippen LogP) is 2.08. The van der Waals surface area contributed by atoms with Crippen LogP contribution in [0, 0.1) is 11.3 Å². The van der Waals surface area contributed by atoms with Gasteiger partial charge in [-0.1, -0.05) is 6.07 Å². The fourth-order valence-electron chi connectivity index (χ4n) is 0.819. The average Bonchev–Trinajstić information content (AvgIpc) is 2.04. The van der Waals surface area contributed by atoms with Crippen LogP contribution in [0.2, 0.25) is 0 Å². The standard InChI is InChI=1S/C8H6F2N2/c9-8(10)5-1-2-6(4-11)7(12)3-5/h1-3,8H,12H2. The molecule has 1 aromatic rings. The molecule has 0 saturated heterocycles. The number of nitriles is 1. The van der Waals surface area contributed by atoms with Crippen molar-refractivity contribution >= 4 is 5.69 Å². The number of rotatable bonds is 1. The first-order valence-corrected chi connectivity index (χ1v) is 3.23. The maximum Gasteiger partial charge on any atom is 0.263 e. The van der Waals surface area contributed by atoms with Gasteiger partial charge in [0.15, 0.2) is 0 Å². The van der Waals surface area contributed by atoms with E-state index in [0.29, 0.717) is 0 Å². The van der Waals surface area contributed by atoms with Gasteiger partial charge in [0, 0.05) is 11.3 Å². The van der Waals surface area contributed by atoms with E-state index in [2.05, 4.69) is 0 Å². The molecule has 62 valence electrons. The topological polar surface area (TPSA) is 49.8 Å². The van der Waals surface area contributed by atoms with Crippen molar-refractivity contribution in [2.24, 2.45) is 0 Å². The molecule has 1 aromatic carbocycles. The second-order valence-corrected chi connectivity index (χ2v) is 2.26. The van der Waals surface area contributed by atoms with Crippen LogP contribution in [0.3, 0.4) is 0 Å². The highest BCUT2D eigenvalue weighted by Gasteiger charge is 2.08. The van der Waals surface area contributed by atoms with Crippen molar-refractivity contribution in [2.75, 3.05) is 5.73 Å². The molecule has 0 radical (unpaired) electrons. The Kier molecular flexibility index (Phi) is 2.24. The normalized spacial score (nSPS) is 9.83. The summed E-state index contributed by atoms with van der Waals surface area (Å²) in [5, 5.41) is 8.43. The van der Waals surface area contributed by atoms with E-state index in [9.17, 15) is 8.78 Å². The van der Waals surface area contributed by atoms with E-state index in [1.807, 2.05) is 0 Å². The number of benzene rings is 1. The summed E-state index contributed by atoms with van der Waals surface area (Å²) >= 11 is 0. The highest BCUT2D eigenvalue weighted by Crippen LogP contribution is 2.22. The molecule has 4 heteroatoms. The van der Waals surface area contributed by atoms with Crippen molar-refractivity contribution in [3.8, 4) is 6.07 Å². The minimum atomic E-state index is -2.54. The molecule has 0 aliphatic heterocycles. The monoisotopic (exact) mass is 168 g/mol. The Balaban J connectivity index is 3.12. The number of nitrogen functional groups attached to an aromatic ring is 1. The molecule has 0 aromatic heterocycles. The van der Waals surface area contributed by atoms with E-state index in [1.165, 1.54) is 12.1 Å². The van der Waals surface area contributed by atoms with E-state index < -0.39 is 6.43 Å². The third-order valence-corrected chi connectivity index (χ3v) is 1.45. The molecule has 2 nitrogen and oxygen atoms in total. The van der Waals surface area contributed by atoms with Crippen LogP contribution < -0.4 is 5.73 Å². The summed E-state index contributed by atoms with van der Waals surface area (Å²) in [5.74, 6) is 0. The van der Waals surface area contributed by atoms with Gasteiger partial charge in [0.25, 0.3) is 6.43 Å². The van der Waals surface area contributed by atoms with E-state index >= 15 is 0 Å². The van der Waals surface area contributed by atoms with E-state index in [-0.39, 0.29) is 16.8 Å². The largest absolute Gasteiger partial charge is 0.398 e. The molecular formula is C8H6F2N2. The molecule has 0 aliphatic carbocycles. The summed E-state index contributed by atoms with van der Waals surface area (Å²) in [6, 6.07) is 5.39. The van der Waals surface area contributed by atoms with Gasteiger partial charge in [-0.3, -0.25) is 0 Å². The third-order valence-electron chi connectivity index (χ3n) is 1.45. The number of hydrogen-bond donors (Lipinski definition) is 1. The Morgan fingerprint density at radius 2 is 2.08 bits per heavy atom. The van der Waals surface area contributed by atoms with Gasteiger partial charge in [-0.25, -0.2) is 8.78 Å². The molecule has 12 heavy (non-hydrogen) atoms. The van der Waals surface area contributed by atoms with E-state index in [0.717, 1.165) is 6.07 Å². The van der Waals surface area contributed by atoms with Crippen molar-refractivity contribution in [1.29, 1.82) is 5.26 Å². The van der Waals surface area contributed by atoms with Gasteiger partial charge in [-0.05, 0) is 12.1 Å². The zero-order valence-electron chi connectivity index (χ0n) is 6.09. The molecule has 0 fully saturated rings. The maximum absolute atomic E-state index is 12.0. The number of halogens is 2. The van der Waals surface area contributed by atoms with Crippen LogP contribution in [-0.4, -0.2) is 0 Å². The summed E-state index contributed by atoms with van der Waals surface area (Å²) in [6.45, 7) is 0. The minimum Gasteiger partial charge on any atom is -0.398 e. The minimum absolute atomic E-state index is 0.0929. The Morgan fingerprint density at radius 1 is 1.42 bits per heavy atom. The molecule has 0 spiro atoms. The van der Waals surface area contributed by atoms with Crippen LogP contribution in [0.15, 0.2) is 18.2 Å². The Labute approximate surface area is 68.2 Å². The predicted molar refractivity (Wildman–Crippen MR) is 40.5 cm³/mol. The number of hydrogen-bond acceptors (Lipinski definition) is 2. The van der Waals surface area contributed by atoms with Crippen molar-refractivity contribution in [2.45, 2.75) is 6.43 Å². The quantitative estimate of drug-likeness (QED) is 0.652. The Bertz CT molecular complexity index is 328. The second kappa shape index (κ2) is 3.18. The van der Waals surface area contributed by atoms with Crippen LogP contribution >= 0.6 is 0 Å². The van der Waals surface area contributed by atoms with Gasteiger partial charge in [0.2, 0.25) is 0 Å². The summed E-state index contributed by atoms with van der Waals surface area (Å²) in [6.07, 6.45) is -2.54. The molecule has 0 heterocycles. The lowest BCUT2D eigenvalue weighted by atomic mass is 10.1. The zero-order chi connectivity index (χ0) is 9.14. The molecule has 1 rings (SSSR count). The van der Waals surface area contributed by atoms with Gasteiger partial charge >= 0.3 is 0 Å². The number of nitrogens with zero attached hydrogens (tertiary/aromatic N) is 1. The highest BCUT2D eigenvalue weighted by atomic mass is 19.3. The number of alkyl halides is 2. The molecule has 0 bridgehead atoms. The van der Waals surface area contributed by atoms with E-state index in [4.69, 9.17) is 11.0 Å². The van der Waals surface area contributed by atoms with Crippen LogP contribution in [0.25, 0.3) is 0 Å². The highest BCUT2D eigenvalue weighted by molar-refractivity contribution is 5.55. The molecule has 0 amide bonds. The van der Waals surface area contributed by atoms with Crippen molar-refractivity contribution < 1.29 is 8.78 Å². The average molecular weight is 168 g/mol. The molecule has 0 atom stereocenters. The van der Waals surface area contributed by atoms with Gasteiger partial charge in [0.1, 0.15) is 6.07 Å². The SMILES string of the molecule is N#Cc1ccc(C(F)F)cc1N. The molecular weight excluding hydrogens is 162 g/mol. The summed E-state index contributed by atoms with van der Waals surface area (Å²) < 4.78 is 24.1. The molecule has 0 aliphatic rings. The zero-order valence-corrected chi connectivity index (χ0v) is 6.09. The fourth-order valence-corrected chi connectivity index (χ4v) is 0.819. The van der Waals surface area contributed by atoms with Crippen LogP contribution in [0.5, 0.6) is 0 Å². The smallest absolute Gasteiger partial charge is 0.263 e.